The molecule has 0 aliphatic carbocycles. The number of nitrogens with one attached hydrogen (secondary N) is 1. The summed E-state index contributed by atoms with van der Waals surface area (Å²) in [7, 11) is -3.33. The largest absolute Gasteiger partial charge is 0.481 e. The van der Waals surface area contributed by atoms with Crippen molar-refractivity contribution in [1.82, 2.24) is 0 Å². The molecule has 1 aromatic rings. The Hall–Kier alpha value is -1.89. The molecular formula is C13H17NO5S. The summed E-state index contributed by atoms with van der Waals surface area (Å²) in [6.45, 7) is 1.53. The molecule has 1 rings (SSSR count). The van der Waals surface area contributed by atoms with Gasteiger partial charge in [-0.15, -0.1) is 0 Å². The third-order valence-electron chi connectivity index (χ3n) is 2.65. The first-order valence-corrected chi connectivity index (χ1v) is 7.85. The molecule has 20 heavy (non-hydrogen) atoms. The summed E-state index contributed by atoms with van der Waals surface area (Å²) in [6, 6.07) is 6.07. The highest BCUT2D eigenvalue weighted by molar-refractivity contribution is 7.92. The van der Waals surface area contributed by atoms with Gasteiger partial charge in [0.1, 0.15) is 0 Å². The van der Waals surface area contributed by atoms with Crippen LogP contribution in [0.1, 0.15) is 36.5 Å². The number of benzene rings is 1. The maximum absolute atomic E-state index is 11.7. The lowest BCUT2D eigenvalue weighted by Gasteiger charge is -2.06. The number of sulfonamides is 1. The number of carboxylic acid groups (broad SMARTS) is 1. The third-order valence-corrected chi connectivity index (χ3v) is 3.96. The van der Waals surface area contributed by atoms with Crippen LogP contribution < -0.4 is 4.72 Å². The van der Waals surface area contributed by atoms with E-state index in [4.69, 9.17) is 5.11 Å². The summed E-state index contributed by atoms with van der Waals surface area (Å²) in [4.78, 5) is 22.1. The number of carboxylic acids is 1. The van der Waals surface area contributed by atoms with Crippen molar-refractivity contribution in [3.05, 3.63) is 29.8 Å². The van der Waals surface area contributed by atoms with Gasteiger partial charge in [-0.05, 0) is 37.6 Å². The Kier molecular flexibility index (Phi) is 5.69. The molecular weight excluding hydrogens is 282 g/mol. The Morgan fingerprint density at radius 2 is 1.75 bits per heavy atom. The van der Waals surface area contributed by atoms with Gasteiger partial charge in [-0.2, -0.15) is 0 Å². The molecule has 0 saturated carbocycles. The van der Waals surface area contributed by atoms with E-state index >= 15 is 0 Å². The summed E-state index contributed by atoms with van der Waals surface area (Å²) >= 11 is 0. The zero-order valence-corrected chi connectivity index (χ0v) is 11.9. The van der Waals surface area contributed by atoms with Crippen LogP contribution in [-0.4, -0.2) is 31.0 Å². The van der Waals surface area contributed by atoms with Crippen molar-refractivity contribution in [2.45, 2.75) is 26.2 Å². The number of anilines is 1. The monoisotopic (exact) mass is 299 g/mol. The van der Waals surface area contributed by atoms with E-state index in [1.807, 2.05) is 0 Å². The number of Topliss-reactive ketones (excluding diaryl/α,β-unsaturated/α-hetero) is 1. The second-order valence-corrected chi connectivity index (χ2v) is 6.26. The first-order valence-electron chi connectivity index (χ1n) is 6.19. The Labute approximate surface area is 117 Å². The van der Waals surface area contributed by atoms with Crippen LogP contribution in [0.3, 0.4) is 0 Å². The topological polar surface area (TPSA) is 101 Å². The van der Waals surface area contributed by atoms with Crippen LogP contribution in [0.4, 0.5) is 5.69 Å². The normalized spacial score (nSPS) is 11.1. The molecule has 0 aromatic heterocycles. The van der Waals surface area contributed by atoms with Gasteiger partial charge in [0.2, 0.25) is 10.0 Å². The highest BCUT2D eigenvalue weighted by Crippen LogP contribution is 2.14. The second kappa shape index (κ2) is 7.04. The molecule has 6 nitrogen and oxygen atoms in total. The van der Waals surface area contributed by atoms with E-state index in [0.29, 0.717) is 17.7 Å². The number of carbonyl (C=O) groups is 2. The van der Waals surface area contributed by atoms with Crippen molar-refractivity contribution in [1.29, 1.82) is 0 Å². The van der Waals surface area contributed by atoms with Gasteiger partial charge in [0.25, 0.3) is 0 Å². The Morgan fingerprint density at radius 1 is 1.15 bits per heavy atom. The van der Waals surface area contributed by atoms with Crippen LogP contribution in [-0.2, 0) is 14.8 Å². The molecule has 0 bridgehead atoms. The van der Waals surface area contributed by atoms with Gasteiger partial charge in [0, 0.05) is 24.1 Å². The van der Waals surface area contributed by atoms with E-state index in [1.54, 1.807) is 0 Å². The lowest BCUT2D eigenvalue weighted by molar-refractivity contribution is -0.137. The smallest absolute Gasteiger partial charge is 0.303 e. The van der Waals surface area contributed by atoms with Crippen LogP contribution in [0.25, 0.3) is 0 Å². The van der Waals surface area contributed by atoms with Crippen molar-refractivity contribution >= 4 is 27.5 Å². The van der Waals surface area contributed by atoms with Gasteiger partial charge in [0.05, 0.1) is 5.75 Å². The molecule has 0 spiro atoms. The number of ketones is 1. The summed E-state index contributed by atoms with van der Waals surface area (Å²) in [6.07, 6.45) is 0.408. The lowest BCUT2D eigenvalue weighted by atomic mass is 10.1. The highest BCUT2D eigenvalue weighted by Gasteiger charge is 2.09. The van der Waals surface area contributed by atoms with Crippen LogP contribution >= 0.6 is 0 Å². The minimum Gasteiger partial charge on any atom is -0.481 e. The molecule has 0 heterocycles. The van der Waals surface area contributed by atoms with Crippen molar-refractivity contribution in [3.8, 4) is 0 Å². The van der Waals surface area contributed by atoms with E-state index in [2.05, 4.69) is 4.72 Å². The Morgan fingerprint density at radius 3 is 2.25 bits per heavy atom. The standard InChI is InChI=1S/C13H17NO5S/c1-2-20(18,19)14-11-8-6-10(7-9-11)12(15)4-3-5-13(16)17/h6-9,14H,2-5H2,1H3,(H,16,17). The summed E-state index contributed by atoms with van der Waals surface area (Å²) in [5.41, 5.74) is 0.837. The van der Waals surface area contributed by atoms with Crippen molar-refractivity contribution in [3.63, 3.8) is 0 Å². The quantitative estimate of drug-likeness (QED) is 0.714. The van der Waals surface area contributed by atoms with Crippen molar-refractivity contribution < 1.29 is 23.1 Å². The van der Waals surface area contributed by atoms with E-state index in [-0.39, 0.29) is 24.4 Å². The predicted octanol–water partition coefficient (Wildman–Crippen LogP) is 1.89. The van der Waals surface area contributed by atoms with Crippen LogP contribution in [0.2, 0.25) is 0 Å². The highest BCUT2D eigenvalue weighted by atomic mass is 32.2. The average Bonchev–Trinajstić information content (AvgIpc) is 2.38. The van der Waals surface area contributed by atoms with E-state index in [9.17, 15) is 18.0 Å². The van der Waals surface area contributed by atoms with Gasteiger partial charge >= 0.3 is 5.97 Å². The molecule has 0 aliphatic rings. The Bertz CT molecular complexity index is 577. The zero-order chi connectivity index (χ0) is 15.2. The van der Waals surface area contributed by atoms with Crippen molar-refractivity contribution in [2.75, 3.05) is 10.5 Å². The van der Waals surface area contributed by atoms with Gasteiger partial charge in [0.15, 0.2) is 5.78 Å². The molecule has 0 radical (unpaired) electrons. The van der Waals surface area contributed by atoms with Crippen LogP contribution in [0.5, 0.6) is 0 Å². The predicted molar refractivity (Wildman–Crippen MR) is 75.3 cm³/mol. The molecule has 7 heteroatoms. The van der Waals surface area contributed by atoms with Gasteiger partial charge in [-0.3, -0.25) is 14.3 Å². The van der Waals surface area contributed by atoms with Gasteiger partial charge < -0.3 is 5.11 Å². The molecule has 0 amide bonds. The molecule has 1 aromatic carbocycles. The SMILES string of the molecule is CCS(=O)(=O)Nc1ccc(C(=O)CCCC(=O)O)cc1. The van der Waals surface area contributed by atoms with Gasteiger partial charge in [-0.25, -0.2) is 8.42 Å². The van der Waals surface area contributed by atoms with Gasteiger partial charge in [-0.1, -0.05) is 0 Å². The van der Waals surface area contributed by atoms with Crippen LogP contribution in [0, 0.1) is 0 Å². The molecule has 0 aliphatic heterocycles. The Balaban J connectivity index is 2.62. The molecule has 0 fully saturated rings. The number of rotatable bonds is 8. The molecule has 2 N–H and O–H groups in total. The fourth-order valence-electron chi connectivity index (χ4n) is 1.52. The number of hydrogen-bond acceptors (Lipinski definition) is 4. The molecule has 0 atom stereocenters. The molecule has 0 saturated heterocycles. The second-order valence-electron chi connectivity index (χ2n) is 4.25. The minimum atomic E-state index is -3.33. The fraction of sp³-hybridized carbons (Fsp3) is 0.385. The number of hydrogen-bond donors (Lipinski definition) is 2. The van der Waals surface area contributed by atoms with Crippen LogP contribution in [0.15, 0.2) is 24.3 Å². The summed E-state index contributed by atoms with van der Waals surface area (Å²) < 4.78 is 25.1. The maximum atomic E-state index is 11.7. The molecule has 0 unspecified atom stereocenters. The fourth-order valence-corrected chi connectivity index (χ4v) is 2.16. The van der Waals surface area contributed by atoms with E-state index in [0.717, 1.165) is 0 Å². The summed E-state index contributed by atoms with van der Waals surface area (Å²) in [5, 5.41) is 8.49. The maximum Gasteiger partial charge on any atom is 0.303 e. The number of aliphatic carboxylic acids is 1. The minimum absolute atomic E-state index is 0.0249. The zero-order valence-electron chi connectivity index (χ0n) is 11.1. The third kappa shape index (κ3) is 5.40. The summed E-state index contributed by atoms with van der Waals surface area (Å²) in [5.74, 6) is -1.11. The lowest BCUT2D eigenvalue weighted by Crippen LogP contribution is -2.14. The molecule has 110 valence electrons. The van der Waals surface area contributed by atoms with E-state index in [1.165, 1.54) is 31.2 Å². The van der Waals surface area contributed by atoms with E-state index < -0.39 is 16.0 Å². The first kappa shape index (κ1) is 16.2. The number of carbonyl (C=O) groups excluding carboxylic acids is 1. The average molecular weight is 299 g/mol. The van der Waals surface area contributed by atoms with Crippen molar-refractivity contribution in [2.24, 2.45) is 0 Å². The first-order chi connectivity index (χ1) is 9.34.